The highest BCUT2D eigenvalue weighted by molar-refractivity contribution is 5.95. The van der Waals surface area contributed by atoms with E-state index in [9.17, 15) is 14.0 Å². The van der Waals surface area contributed by atoms with Crippen molar-refractivity contribution in [2.45, 2.75) is 64.0 Å². The van der Waals surface area contributed by atoms with E-state index in [1.807, 2.05) is 6.92 Å². The number of carbonyl (C=O) groups is 2. The number of nitrogens with one attached hydrogen (secondary N) is 2. The molecule has 1 aliphatic heterocycles. The van der Waals surface area contributed by atoms with Gasteiger partial charge in [0, 0.05) is 17.9 Å². The van der Waals surface area contributed by atoms with Gasteiger partial charge in [0.15, 0.2) is 0 Å². The van der Waals surface area contributed by atoms with Crippen LogP contribution in [0.2, 0.25) is 0 Å². The maximum atomic E-state index is 13.1. The molecule has 2 N–H and O–H groups in total. The van der Waals surface area contributed by atoms with Crippen LogP contribution in [0.15, 0.2) is 30.5 Å². The summed E-state index contributed by atoms with van der Waals surface area (Å²) < 4.78 is 13.1. The maximum Gasteiger partial charge on any atom is 0.254 e. The molecule has 1 saturated carbocycles. The molecule has 2 aliphatic rings. The minimum Gasteiger partial charge on any atom is -0.349 e. The van der Waals surface area contributed by atoms with Gasteiger partial charge in [-0.15, -0.1) is 0 Å². The first-order valence-corrected chi connectivity index (χ1v) is 11.4. The van der Waals surface area contributed by atoms with Gasteiger partial charge in [-0.3, -0.25) is 14.5 Å². The lowest BCUT2D eigenvalue weighted by molar-refractivity contribution is -0.117. The van der Waals surface area contributed by atoms with Crippen molar-refractivity contribution in [3.63, 3.8) is 0 Å². The zero-order valence-electron chi connectivity index (χ0n) is 18.4. The zero-order valence-corrected chi connectivity index (χ0v) is 18.4. The first-order chi connectivity index (χ1) is 15.5. The van der Waals surface area contributed by atoms with Crippen LogP contribution in [0.5, 0.6) is 0 Å². The third kappa shape index (κ3) is 5.48. The molecule has 0 bridgehead atoms. The Morgan fingerprint density at radius 3 is 2.59 bits per heavy atom. The molecule has 1 saturated heterocycles. The van der Waals surface area contributed by atoms with E-state index in [1.54, 1.807) is 6.20 Å². The Balaban J connectivity index is 1.47. The van der Waals surface area contributed by atoms with Gasteiger partial charge in [-0.05, 0) is 63.4 Å². The van der Waals surface area contributed by atoms with Crippen molar-refractivity contribution in [2.75, 3.05) is 18.4 Å². The average molecular weight is 440 g/mol. The Kier molecular flexibility index (Phi) is 7.09. The van der Waals surface area contributed by atoms with Gasteiger partial charge in [0.25, 0.3) is 5.91 Å². The predicted molar refractivity (Wildman–Crippen MR) is 120 cm³/mol. The van der Waals surface area contributed by atoms with Crippen LogP contribution in [-0.4, -0.2) is 45.8 Å². The molecule has 32 heavy (non-hydrogen) atoms. The van der Waals surface area contributed by atoms with Crippen LogP contribution < -0.4 is 10.6 Å². The Morgan fingerprint density at radius 1 is 1.09 bits per heavy atom. The first kappa shape index (κ1) is 22.3. The molecule has 0 spiro atoms. The summed E-state index contributed by atoms with van der Waals surface area (Å²) in [5.41, 5.74) is 1.74. The van der Waals surface area contributed by atoms with Crippen LogP contribution in [0.1, 0.15) is 72.9 Å². The third-order valence-corrected chi connectivity index (χ3v) is 6.28. The number of anilines is 1. The lowest BCUT2D eigenvalue weighted by Crippen LogP contribution is -2.38. The fourth-order valence-corrected chi connectivity index (χ4v) is 4.67. The van der Waals surface area contributed by atoms with E-state index in [0.29, 0.717) is 22.8 Å². The maximum absolute atomic E-state index is 13.1. The highest BCUT2D eigenvalue weighted by Gasteiger charge is 2.32. The van der Waals surface area contributed by atoms with Gasteiger partial charge in [-0.2, -0.15) is 0 Å². The molecule has 170 valence electrons. The topological polar surface area (TPSA) is 87.2 Å². The van der Waals surface area contributed by atoms with Crippen LogP contribution in [-0.2, 0) is 4.79 Å². The summed E-state index contributed by atoms with van der Waals surface area (Å²) in [5, 5.41) is 5.98. The summed E-state index contributed by atoms with van der Waals surface area (Å²) in [6.45, 7) is 2.73. The fourth-order valence-electron chi connectivity index (χ4n) is 4.67. The predicted octanol–water partition coefficient (Wildman–Crippen LogP) is 3.76. The van der Waals surface area contributed by atoms with Crippen molar-refractivity contribution in [1.82, 2.24) is 20.2 Å². The average Bonchev–Trinajstić information content (AvgIpc) is 3.23. The summed E-state index contributed by atoms with van der Waals surface area (Å²) in [5.74, 6) is -0.0467. The number of rotatable bonds is 6. The molecular formula is C24H30FN5O2. The van der Waals surface area contributed by atoms with Gasteiger partial charge in [-0.1, -0.05) is 19.3 Å². The van der Waals surface area contributed by atoms with E-state index in [0.717, 1.165) is 45.1 Å². The van der Waals surface area contributed by atoms with Crippen molar-refractivity contribution in [3.8, 4) is 0 Å². The second-order valence-corrected chi connectivity index (χ2v) is 8.71. The third-order valence-electron chi connectivity index (χ3n) is 6.28. The molecule has 1 atom stereocenters. The molecule has 8 heteroatoms. The van der Waals surface area contributed by atoms with Crippen molar-refractivity contribution < 1.29 is 14.0 Å². The van der Waals surface area contributed by atoms with Gasteiger partial charge >= 0.3 is 0 Å². The van der Waals surface area contributed by atoms with Gasteiger partial charge in [0.2, 0.25) is 5.91 Å². The number of hydrogen-bond donors (Lipinski definition) is 2. The van der Waals surface area contributed by atoms with Crippen molar-refractivity contribution >= 4 is 17.5 Å². The molecule has 0 unspecified atom stereocenters. The SMILES string of the molecule is Cc1ncc(C(=O)NC2CCCCC2)c([C@@H]2CCCN2CC(=O)Nc2ccc(F)cc2)n1. The number of hydrogen-bond acceptors (Lipinski definition) is 5. The lowest BCUT2D eigenvalue weighted by Gasteiger charge is -2.26. The number of nitrogens with zero attached hydrogens (tertiary/aromatic N) is 3. The second kappa shape index (κ2) is 10.2. The Bertz CT molecular complexity index is 959. The molecule has 2 heterocycles. The Morgan fingerprint density at radius 2 is 1.84 bits per heavy atom. The lowest BCUT2D eigenvalue weighted by atomic mass is 9.95. The zero-order chi connectivity index (χ0) is 22.5. The van der Waals surface area contributed by atoms with E-state index in [-0.39, 0.29) is 36.3 Å². The van der Waals surface area contributed by atoms with Gasteiger partial charge in [-0.25, -0.2) is 14.4 Å². The molecule has 1 aromatic carbocycles. The van der Waals surface area contributed by atoms with Crippen LogP contribution in [0, 0.1) is 12.7 Å². The van der Waals surface area contributed by atoms with Crippen molar-refractivity contribution in [1.29, 1.82) is 0 Å². The summed E-state index contributed by atoms with van der Waals surface area (Å²) in [6.07, 6.45) is 8.88. The molecule has 4 rings (SSSR count). The second-order valence-electron chi connectivity index (χ2n) is 8.71. The van der Waals surface area contributed by atoms with Crippen LogP contribution in [0.25, 0.3) is 0 Å². The summed E-state index contributed by atoms with van der Waals surface area (Å²) >= 11 is 0. The van der Waals surface area contributed by atoms with Crippen molar-refractivity contribution in [2.24, 2.45) is 0 Å². The number of carbonyl (C=O) groups excluding carboxylic acids is 2. The number of halogens is 1. The highest BCUT2D eigenvalue weighted by atomic mass is 19.1. The Hall–Kier alpha value is -2.87. The van der Waals surface area contributed by atoms with Crippen molar-refractivity contribution in [3.05, 3.63) is 53.4 Å². The summed E-state index contributed by atoms with van der Waals surface area (Å²) in [4.78, 5) is 36.7. The van der Waals surface area contributed by atoms with Gasteiger partial charge < -0.3 is 10.6 Å². The van der Waals surface area contributed by atoms with Crippen LogP contribution in [0.3, 0.4) is 0 Å². The van der Waals surface area contributed by atoms with E-state index < -0.39 is 0 Å². The number of amides is 2. The minimum absolute atomic E-state index is 0.122. The van der Waals surface area contributed by atoms with E-state index in [4.69, 9.17) is 0 Å². The smallest absolute Gasteiger partial charge is 0.254 e. The van der Waals surface area contributed by atoms with Crippen LogP contribution >= 0.6 is 0 Å². The standard InChI is InChI=1S/C24H30FN5O2/c1-16-26-14-20(24(32)29-18-6-3-2-4-7-18)23(27-16)21-8-5-13-30(21)15-22(31)28-19-11-9-17(25)10-12-19/h9-12,14,18,21H,2-8,13,15H2,1H3,(H,28,31)(H,29,32)/t21-/m0/s1. The highest BCUT2D eigenvalue weighted by Crippen LogP contribution is 2.32. The molecule has 2 aromatic rings. The summed E-state index contributed by atoms with van der Waals surface area (Å²) in [6, 6.07) is 5.78. The van der Waals surface area contributed by atoms with E-state index in [2.05, 4.69) is 25.5 Å². The number of likely N-dealkylation sites (tertiary alicyclic amines) is 1. The molecule has 7 nitrogen and oxygen atoms in total. The first-order valence-electron chi connectivity index (χ1n) is 11.4. The molecule has 1 aliphatic carbocycles. The molecule has 1 aromatic heterocycles. The molecule has 2 amide bonds. The minimum atomic E-state index is -0.347. The number of aromatic nitrogens is 2. The quantitative estimate of drug-likeness (QED) is 0.716. The number of aryl methyl sites for hydroxylation is 1. The Labute approximate surface area is 187 Å². The van der Waals surface area contributed by atoms with E-state index in [1.165, 1.54) is 30.7 Å². The normalized spacial score (nSPS) is 19.6. The monoisotopic (exact) mass is 439 g/mol. The summed E-state index contributed by atoms with van der Waals surface area (Å²) in [7, 11) is 0. The fraction of sp³-hybridized carbons (Fsp3) is 0.500. The molecular weight excluding hydrogens is 409 g/mol. The molecule has 2 fully saturated rings. The number of benzene rings is 1. The molecule has 0 radical (unpaired) electrons. The largest absolute Gasteiger partial charge is 0.349 e. The van der Waals surface area contributed by atoms with Crippen LogP contribution in [0.4, 0.5) is 10.1 Å². The van der Waals surface area contributed by atoms with Gasteiger partial charge in [0.1, 0.15) is 11.6 Å². The van der Waals surface area contributed by atoms with E-state index >= 15 is 0 Å². The van der Waals surface area contributed by atoms with Gasteiger partial charge in [0.05, 0.1) is 23.8 Å².